The van der Waals surface area contributed by atoms with Gasteiger partial charge in [0.15, 0.2) is 0 Å². The maximum Gasteiger partial charge on any atom is 0.372 e. The van der Waals surface area contributed by atoms with Gasteiger partial charge in [0.25, 0.3) is 0 Å². The molecule has 0 fully saturated rings. The molecule has 0 aromatic heterocycles. The van der Waals surface area contributed by atoms with Crippen molar-refractivity contribution in [1.29, 1.82) is 0 Å². The van der Waals surface area contributed by atoms with Gasteiger partial charge in [-0.1, -0.05) is 54.6 Å². The summed E-state index contributed by atoms with van der Waals surface area (Å²) in [6.45, 7) is 0. The number of amides is 1. The summed E-state index contributed by atoms with van der Waals surface area (Å²) >= 11 is 0. The summed E-state index contributed by atoms with van der Waals surface area (Å²) < 4.78 is 0. The zero-order valence-corrected chi connectivity index (χ0v) is 13.0. The molecule has 0 saturated heterocycles. The van der Waals surface area contributed by atoms with Crippen LogP contribution in [0.1, 0.15) is 0 Å². The van der Waals surface area contributed by atoms with Gasteiger partial charge in [0.05, 0.1) is 0 Å². The first-order valence-corrected chi connectivity index (χ1v) is 8.91. The highest BCUT2D eigenvalue weighted by molar-refractivity contribution is 8.08. The fourth-order valence-corrected chi connectivity index (χ4v) is 6.30. The smallest absolute Gasteiger partial charge is 0.336 e. The third kappa shape index (κ3) is 2.32. The van der Waals surface area contributed by atoms with Gasteiger partial charge in [-0.2, -0.15) is 0 Å². The average molecular weight is 306 g/mol. The van der Waals surface area contributed by atoms with Crippen molar-refractivity contribution in [3.8, 4) is 0 Å². The standard InChI is InChI=1S/C19H16NOP/c20-19(21)22(16-10-4-1-5-11-16,17-12-6-2-7-13-17)18-14-8-3-9-15-18/h1-15H,(H-,20,21)/p+1. The van der Waals surface area contributed by atoms with E-state index in [9.17, 15) is 4.79 Å². The first kappa shape index (κ1) is 14.5. The zero-order chi connectivity index (χ0) is 15.4. The molecule has 0 aliphatic rings. The SMILES string of the molecule is NC(=O)[P+](c1ccccc1)(c1ccccc1)c1ccccc1. The van der Waals surface area contributed by atoms with Crippen LogP contribution in [0.15, 0.2) is 91.0 Å². The molecule has 0 unspecified atom stereocenters. The number of hydrogen-bond acceptors (Lipinski definition) is 1. The maximum absolute atomic E-state index is 12.7. The van der Waals surface area contributed by atoms with Crippen LogP contribution in [0, 0.1) is 0 Å². The van der Waals surface area contributed by atoms with E-state index >= 15 is 0 Å². The number of benzene rings is 3. The summed E-state index contributed by atoms with van der Waals surface area (Å²) in [5.74, 6) is 0. The molecule has 3 aromatic carbocycles. The fraction of sp³-hybridized carbons (Fsp3) is 0. The molecule has 108 valence electrons. The van der Waals surface area contributed by atoms with E-state index in [1.165, 1.54) is 0 Å². The van der Waals surface area contributed by atoms with Gasteiger partial charge >= 0.3 is 5.65 Å². The Labute approximate surface area is 130 Å². The number of rotatable bonds is 4. The van der Waals surface area contributed by atoms with Crippen molar-refractivity contribution in [2.24, 2.45) is 5.73 Å². The Balaban J connectivity index is 2.37. The minimum absolute atomic E-state index is 0.268. The molecule has 0 atom stereocenters. The van der Waals surface area contributed by atoms with E-state index in [0.717, 1.165) is 15.9 Å². The maximum atomic E-state index is 12.7. The fourth-order valence-electron chi connectivity index (χ4n) is 2.78. The van der Waals surface area contributed by atoms with Crippen molar-refractivity contribution in [2.75, 3.05) is 0 Å². The lowest BCUT2D eigenvalue weighted by molar-refractivity contribution is 0.266. The second kappa shape index (κ2) is 6.13. The number of primary amides is 1. The molecule has 22 heavy (non-hydrogen) atoms. The second-order valence-electron chi connectivity index (χ2n) is 5.02. The molecule has 0 heterocycles. The van der Waals surface area contributed by atoms with Gasteiger partial charge in [-0.25, -0.2) is 4.79 Å². The number of hydrogen-bond donors (Lipinski definition) is 1. The number of carbonyl (C=O) groups is 1. The van der Waals surface area contributed by atoms with Crippen LogP contribution in [0.4, 0.5) is 4.79 Å². The zero-order valence-electron chi connectivity index (χ0n) is 12.1. The molecule has 0 bridgehead atoms. The molecule has 3 aromatic rings. The van der Waals surface area contributed by atoms with E-state index < -0.39 is 7.26 Å². The van der Waals surface area contributed by atoms with Crippen LogP contribution < -0.4 is 21.6 Å². The lowest BCUT2D eigenvalue weighted by Crippen LogP contribution is -2.39. The number of nitrogens with two attached hydrogens (primary N) is 1. The van der Waals surface area contributed by atoms with Crippen molar-refractivity contribution in [2.45, 2.75) is 0 Å². The molecule has 0 radical (unpaired) electrons. The van der Waals surface area contributed by atoms with Crippen molar-refractivity contribution in [3.63, 3.8) is 0 Å². The number of carbonyl (C=O) groups excluding carboxylic acids is 1. The van der Waals surface area contributed by atoms with Crippen LogP contribution in [0.3, 0.4) is 0 Å². The molecule has 0 spiro atoms. The summed E-state index contributed by atoms with van der Waals surface area (Å²) in [7, 11) is -2.49. The second-order valence-corrected chi connectivity index (χ2v) is 8.35. The van der Waals surface area contributed by atoms with Crippen LogP contribution in [0.2, 0.25) is 0 Å². The molecule has 2 N–H and O–H groups in total. The van der Waals surface area contributed by atoms with E-state index in [-0.39, 0.29) is 5.65 Å². The molecule has 2 nitrogen and oxygen atoms in total. The van der Waals surface area contributed by atoms with Gasteiger partial charge in [-0.15, -0.1) is 0 Å². The van der Waals surface area contributed by atoms with Gasteiger partial charge in [-0.3, -0.25) is 0 Å². The molecular weight excluding hydrogens is 289 g/mol. The van der Waals surface area contributed by atoms with Crippen molar-refractivity contribution < 1.29 is 4.79 Å². The minimum Gasteiger partial charge on any atom is -0.336 e. The summed E-state index contributed by atoms with van der Waals surface area (Å²) in [4.78, 5) is 12.7. The topological polar surface area (TPSA) is 43.1 Å². The summed E-state index contributed by atoms with van der Waals surface area (Å²) in [5, 5.41) is 2.96. The van der Waals surface area contributed by atoms with Crippen LogP contribution in [-0.2, 0) is 0 Å². The van der Waals surface area contributed by atoms with E-state index in [4.69, 9.17) is 5.73 Å². The normalized spacial score (nSPS) is 11.1. The first-order chi connectivity index (χ1) is 10.8. The molecule has 0 aliphatic carbocycles. The Hall–Kier alpha value is -2.44. The van der Waals surface area contributed by atoms with Crippen molar-refractivity contribution in [1.82, 2.24) is 0 Å². The molecule has 3 rings (SSSR count). The third-order valence-corrected chi connectivity index (χ3v) is 7.64. The lowest BCUT2D eigenvalue weighted by atomic mass is 10.4. The van der Waals surface area contributed by atoms with Gasteiger partial charge in [0, 0.05) is 0 Å². The van der Waals surface area contributed by atoms with E-state index in [2.05, 4.69) is 0 Å². The Bertz CT molecular complexity index is 661. The van der Waals surface area contributed by atoms with Crippen LogP contribution in [0.5, 0.6) is 0 Å². The predicted octanol–water partition coefficient (Wildman–Crippen LogP) is 3.06. The van der Waals surface area contributed by atoms with Gasteiger partial charge in [-0.05, 0) is 36.4 Å². The Morgan fingerprint density at radius 2 is 0.864 bits per heavy atom. The first-order valence-electron chi connectivity index (χ1n) is 7.12. The Kier molecular flexibility index (Phi) is 4.04. The summed E-state index contributed by atoms with van der Waals surface area (Å²) in [6.07, 6.45) is 0. The summed E-state index contributed by atoms with van der Waals surface area (Å²) in [6, 6.07) is 29.6. The Morgan fingerprint density at radius 3 is 1.09 bits per heavy atom. The average Bonchev–Trinajstić information content (AvgIpc) is 2.58. The molecule has 0 saturated carbocycles. The van der Waals surface area contributed by atoms with Crippen LogP contribution in [0.25, 0.3) is 0 Å². The van der Waals surface area contributed by atoms with Crippen molar-refractivity contribution >= 4 is 28.8 Å². The predicted molar refractivity (Wildman–Crippen MR) is 94.7 cm³/mol. The van der Waals surface area contributed by atoms with E-state index in [0.29, 0.717) is 0 Å². The van der Waals surface area contributed by atoms with E-state index in [1.807, 2.05) is 91.0 Å². The summed E-state index contributed by atoms with van der Waals surface area (Å²) in [5.41, 5.74) is 5.71. The monoisotopic (exact) mass is 306 g/mol. The molecule has 1 amide bonds. The quantitative estimate of drug-likeness (QED) is 0.740. The third-order valence-electron chi connectivity index (χ3n) is 3.76. The molecule has 0 aliphatic heterocycles. The lowest BCUT2D eigenvalue weighted by Gasteiger charge is -2.23. The van der Waals surface area contributed by atoms with Gasteiger partial charge < -0.3 is 5.73 Å². The molecule has 3 heteroatoms. The molecular formula is C19H17NOP+. The van der Waals surface area contributed by atoms with Gasteiger partial charge in [0.1, 0.15) is 15.9 Å². The largest absolute Gasteiger partial charge is 0.372 e. The van der Waals surface area contributed by atoms with Crippen LogP contribution >= 0.6 is 7.26 Å². The van der Waals surface area contributed by atoms with Gasteiger partial charge in [0.2, 0.25) is 7.26 Å². The highest BCUT2D eigenvalue weighted by Gasteiger charge is 2.52. The highest BCUT2D eigenvalue weighted by Crippen LogP contribution is 2.54. The van der Waals surface area contributed by atoms with E-state index in [1.54, 1.807) is 0 Å². The highest BCUT2D eigenvalue weighted by atomic mass is 31.2. The van der Waals surface area contributed by atoms with Crippen molar-refractivity contribution in [3.05, 3.63) is 91.0 Å². The van der Waals surface area contributed by atoms with Crippen LogP contribution in [-0.4, -0.2) is 5.65 Å². The minimum atomic E-state index is -2.49. The Morgan fingerprint density at radius 1 is 0.591 bits per heavy atom.